The molecular weight excluding hydrogens is 186 g/mol. The van der Waals surface area contributed by atoms with Crippen LogP contribution in [0.2, 0.25) is 0 Å². The Bertz CT molecular complexity index is 170. The van der Waals surface area contributed by atoms with Crippen LogP contribution in [0.25, 0.3) is 0 Å². The monoisotopic (exact) mass is 205 g/mol. The molecule has 0 saturated carbocycles. The zero-order valence-corrected chi connectivity index (χ0v) is 9.00. The molecule has 0 spiro atoms. The summed E-state index contributed by atoms with van der Waals surface area (Å²) >= 11 is 0. The van der Waals surface area contributed by atoms with Gasteiger partial charge in [-0.1, -0.05) is 0 Å². The lowest BCUT2D eigenvalue weighted by Gasteiger charge is -2.23. The van der Waals surface area contributed by atoms with Gasteiger partial charge in [-0.25, -0.2) is 0 Å². The Hall–Kier alpha value is -0.650. The van der Waals surface area contributed by atoms with Crippen LogP contribution in [0.15, 0.2) is 0 Å². The fraction of sp³-hybridized carbons (Fsp3) is 0.889. The van der Waals surface area contributed by atoms with Crippen molar-refractivity contribution in [1.82, 2.24) is 5.32 Å². The summed E-state index contributed by atoms with van der Waals surface area (Å²) < 4.78 is 9.47. The molecular formula is C9H19NO4. The van der Waals surface area contributed by atoms with Crippen LogP contribution in [0, 0.1) is 0 Å². The molecule has 0 heterocycles. The van der Waals surface area contributed by atoms with E-state index in [-0.39, 0.29) is 19.1 Å². The second-order valence-corrected chi connectivity index (χ2v) is 3.45. The Morgan fingerprint density at radius 3 is 2.57 bits per heavy atom. The fourth-order valence-electron chi connectivity index (χ4n) is 0.881. The van der Waals surface area contributed by atoms with Crippen molar-refractivity contribution < 1.29 is 19.4 Å². The third kappa shape index (κ3) is 6.82. The maximum atomic E-state index is 11.0. The van der Waals surface area contributed by atoms with Crippen molar-refractivity contribution in [2.24, 2.45) is 0 Å². The Kier molecular flexibility index (Phi) is 6.44. The normalized spacial score (nSPS) is 14.9. The molecule has 5 nitrogen and oxygen atoms in total. The van der Waals surface area contributed by atoms with Gasteiger partial charge in [0.2, 0.25) is 5.91 Å². The molecule has 0 aromatic carbocycles. The maximum absolute atomic E-state index is 11.0. The molecule has 0 rings (SSSR count). The van der Waals surface area contributed by atoms with Gasteiger partial charge in [0.05, 0.1) is 5.60 Å². The van der Waals surface area contributed by atoms with Gasteiger partial charge in [-0.3, -0.25) is 4.79 Å². The molecule has 0 radical (unpaired) electrons. The molecule has 0 fully saturated rings. The van der Waals surface area contributed by atoms with Crippen molar-refractivity contribution in [1.29, 1.82) is 0 Å². The van der Waals surface area contributed by atoms with Crippen molar-refractivity contribution in [2.75, 3.05) is 34.0 Å². The van der Waals surface area contributed by atoms with E-state index in [9.17, 15) is 9.90 Å². The van der Waals surface area contributed by atoms with Crippen LogP contribution >= 0.6 is 0 Å². The fourth-order valence-corrected chi connectivity index (χ4v) is 0.881. The van der Waals surface area contributed by atoms with Gasteiger partial charge in [0.15, 0.2) is 0 Å². The molecule has 0 aromatic heterocycles. The first-order chi connectivity index (χ1) is 6.52. The predicted molar refractivity (Wildman–Crippen MR) is 52.0 cm³/mol. The summed E-state index contributed by atoms with van der Waals surface area (Å²) in [6.07, 6.45) is 0.483. The van der Waals surface area contributed by atoms with Crippen LogP contribution in [0.5, 0.6) is 0 Å². The van der Waals surface area contributed by atoms with Gasteiger partial charge in [-0.05, 0) is 6.92 Å². The van der Waals surface area contributed by atoms with Crippen molar-refractivity contribution in [3.8, 4) is 0 Å². The number of ether oxygens (including phenoxy) is 2. The standard InChI is InChI=1S/C9H19NO4/c1-9(12,4-5-13-2)7-10-8(11)6-14-3/h12H,4-7H2,1-3H3,(H,10,11). The van der Waals surface area contributed by atoms with Crippen LogP contribution in [-0.2, 0) is 14.3 Å². The van der Waals surface area contributed by atoms with Crippen LogP contribution in [0.3, 0.4) is 0 Å². The molecule has 0 aliphatic carbocycles. The Morgan fingerprint density at radius 1 is 1.43 bits per heavy atom. The van der Waals surface area contributed by atoms with E-state index in [1.165, 1.54) is 7.11 Å². The summed E-state index contributed by atoms with van der Waals surface area (Å²) in [7, 11) is 3.02. The van der Waals surface area contributed by atoms with Gasteiger partial charge >= 0.3 is 0 Å². The van der Waals surface area contributed by atoms with Crippen LogP contribution in [-0.4, -0.2) is 50.6 Å². The van der Waals surface area contributed by atoms with E-state index >= 15 is 0 Å². The minimum atomic E-state index is -0.931. The van der Waals surface area contributed by atoms with Crippen LogP contribution in [0.4, 0.5) is 0 Å². The van der Waals surface area contributed by atoms with E-state index in [4.69, 9.17) is 4.74 Å². The van der Waals surface area contributed by atoms with E-state index < -0.39 is 5.60 Å². The quantitative estimate of drug-likeness (QED) is 0.590. The number of hydrogen-bond donors (Lipinski definition) is 2. The minimum Gasteiger partial charge on any atom is -0.388 e. The number of amides is 1. The summed E-state index contributed by atoms with van der Waals surface area (Å²) in [6, 6.07) is 0. The second kappa shape index (κ2) is 6.75. The van der Waals surface area contributed by atoms with Gasteiger partial charge in [-0.2, -0.15) is 0 Å². The van der Waals surface area contributed by atoms with E-state index in [2.05, 4.69) is 10.1 Å². The molecule has 1 unspecified atom stereocenters. The van der Waals surface area contributed by atoms with Crippen molar-refractivity contribution >= 4 is 5.91 Å². The number of nitrogens with one attached hydrogen (secondary N) is 1. The third-order valence-corrected chi connectivity index (χ3v) is 1.79. The molecule has 0 aliphatic rings. The number of carbonyl (C=O) groups excluding carboxylic acids is 1. The lowest BCUT2D eigenvalue weighted by atomic mass is 10.0. The summed E-state index contributed by atoms with van der Waals surface area (Å²) in [5.74, 6) is -0.231. The zero-order valence-electron chi connectivity index (χ0n) is 9.00. The maximum Gasteiger partial charge on any atom is 0.246 e. The summed E-state index contributed by atoms with van der Waals surface area (Å²) in [6.45, 7) is 2.34. The molecule has 0 aliphatic heterocycles. The first-order valence-corrected chi connectivity index (χ1v) is 4.49. The smallest absolute Gasteiger partial charge is 0.246 e. The summed E-state index contributed by atoms with van der Waals surface area (Å²) in [4.78, 5) is 11.0. The third-order valence-electron chi connectivity index (χ3n) is 1.79. The van der Waals surface area contributed by atoms with Crippen molar-refractivity contribution in [2.45, 2.75) is 18.9 Å². The van der Waals surface area contributed by atoms with Gasteiger partial charge < -0.3 is 19.9 Å². The predicted octanol–water partition coefficient (Wildman–Crippen LogP) is -0.463. The molecule has 0 aromatic rings. The van der Waals surface area contributed by atoms with Crippen LogP contribution in [0.1, 0.15) is 13.3 Å². The summed E-state index contributed by atoms with van der Waals surface area (Å²) in [5.41, 5.74) is -0.931. The second-order valence-electron chi connectivity index (χ2n) is 3.45. The number of methoxy groups -OCH3 is 2. The number of carbonyl (C=O) groups is 1. The largest absolute Gasteiger partial charge is 0.388 e. The first-order valence-electron chi connectivity index (χ1n) is 4.49. The highest BCUT2D eigenvalue weighted by atomic mass is 16.5. The number of aliphatic hydroxyl groups is 1. The van der Waals surface area contributed by atoms with Gasteiger partial charge in [0.1, 0.15) is 6.61 Å². The highest BCUT2D eigenvalue weighted by molar-refractivity contribution is 5.77. The first kappa shape index (κ1) is 13.4. The molecule has 1 atom stereocenters. The molecule has 84 valence electrons. The van der Waals surface area contributed by atoms with E-state index in [0.29, 0.717) is 13.0 Å². The van der Waals surface area contributed by atoms with Crippen molar-refractivity contribution in [3.05, 3.63) is 0 Å². The number of hydrogen-bond acceptors (Lipinski definition) is 4. The molecule has 14 heavy (non-hydrogen) atoms. The average Bonchev–Trinajstić information content (AvgIpc) is 2.13. The van der Waals surface area contributed by atoms with Gasteiger partial charge in [0.25, 0.3) is 0 Å². The number of rotatable bonds is 7. The van der Waals surface area contributed by atoms with Gasteiger partial charge in [0, 0.05) is 33.8 Å². The van der Waals surface area contributed by atoms with E-state index in [1.807, 2.05) is 0 Å². The molecule has 0 bridgehead atoms. The highest BCUT2D eigenvalue weighted by Crippen LogP contribution is 2.07. The van der Waals surface area contributed by atoms with Gasteiger partial charge in [-0.15, -0.1) is 0 Å². The lowest BCUT2D eigenvalue weighted by molar-refractivity contribution is -0.126. The molecule has 0 saturated heterocycles. The van der Waals surface area contributed by atoms with E-state index in [1.54, 1.807) is 14.0 Å². The Labute approximate surface area is 84.4 Å². The Balaban J connectivity index is 3.68. The van der Waals surface area contributed by atoms with E-state index in [0.717, 1.165) is 0 Å². The SMILES string of the molecule is COCCC(C)(O)CNC(=O)COC. The Morgan fingerprint density at radius 2 is 2.07 bits per heavy atom. The lowest BCUT2D eigenvalue weighted by Crippen LogP contribution is -2.42. The highest BCUT2D eigenvalue weighted by Gasteiger charge is 2.20. The minimum absolute atomic E-state index is 0.0142. The molecule has 1 amide bonds. The molecule has 2 N–H and O–H groups in total. The summed E-state index contributed by atoms with van der Waals surface area (Å²) in [5, 5.41) is 12.3. The molecule has 5 heteroatoms. The van der Waals surface area contributed by atoms with Crippen molar-refractivity contribution in [3.63, 3.8) is 0 Å². The topological polar surface area (TPSA) is 67.8 Å². The van der Waals surface area contributed by atoms with Crippen LogP contribution < -0.4 is 5.32 Å². The average molecular weight is 205 g/mol. The zero-order chi connectivity index (χ0) is 11.0.